The molecule has 0 spiro atoms. The van der Waals surface area contributed by atoms with E-state index in [-0.39, 0.29) is 5.96 Å². The minimum Gasteiger partial charge on any atom is -0.378 e. The Labute approximate surface area is 75.7 Å². The number of nitrogens with zero attached hydrogens (tertiary/aromatic N) is 2. The van der Waals surface area contributed by atoms with Crippen LogP contribution in [0.15, 0.2) is 5.10 Å². The molecule has 0 aliphatic carbocycles. The molecule has 1 saturated heterocycles. The Morgan fingerprint density at radius 2 is 2.00 bits per heavy atom. The Bertz CT molecular complexity index is 211. The minimum atomic E-state index is -0.713. The van der Waals surface area contributed by atoms with Gasteiger partial charge in [-0.1, -0.05) is 0 Å². The Balaban J connectivity index is 2.38. The number of hydrogen-bond donors (Lipinski definition) is 3. The summed E-state index contributed by atoms with van der Waals surface area (Å²) in [5, 5.41) is 7.80. The van der Waals surface area contributed by atoms with Gasteiger partial charge in [-0.3, -0.25) is 10.3 Å². The lowest BCUT2D eigenvalue weighted by atomic mass is 10.5. The molecule has 5 N–H and O–H groups in total. The number of nitrogens with two attached hydrogens (primary N) is 2. The third kappa shape index (κ3) is 3.61. The van der Waals surface area contributed by atoms with E-state index in [9.17, 15) is 4.79 Å². The summed E-state index contributed by atoms with van der Waals surface area (Å²) in [5.41, 5.74) is 10.2. The molecule has 7 nitrogen and oxygen atoms in total. The van der Waals surface area contributed by atoms with Crippen LogP contribution in [0.3, 0.4) is 0 Å². The second-order valence-corrected chi connectivity index (χ2v) is 2.54. The number of amides is 2. The highest BCUT2D eigenvalue weighted by Crippen LogP contribution is 1.95. The molecule has 2 amide bonds. The highest BCUT2D eigenvalue weighted by atomic mass is 16.5. The van der Waals surface area contributed by atoms with Crippen LogP contribution in [-0.4, -0.2) is 43.3 Å². The van der Waals surface area contributed by atoms with E-state index in [2.05, 4.69) is 10.4 Å². The van der Waals surface area contributed by atoms with E-state index in [1.165, 1.54) is 0 Å². The molecule has 0 unspecified atom stereocenters. The predicted molar refractivity (Wildman–Crippen MR) is 46.7 cm³/mol. The lowest BCUT2D eigenvalue weighted by Gasteiger charge is -2.23. The monoisotopic (exact) mass is 187 g/mol. The SMILES string of the molecule is NC(=O)N/C(N)=N/N1CCOCC1. The van der Waals surface area contributed by atoms with Crippen molar-refractivity contribution < 1.29 is 9.53 Å². The number of hydrogen-bond acceptors (Lipinski definition) is 4. The van der Waals surface area contributed by atoms with Gasteiger partial charge in [0.05, 0.1) is 26.3 Å². The van der Waals surface area contributed by atoms with Gasteiger partial charge in [-0.05, 0) is 0 Å². The standard InChI is InChI=1S/C6H13N5O2/c7-5(9-6(8)12)10-11-1-3-13-4-2-11/h1-4H2,(H5,7,8,9,10,12). The van der Waals surface area contributed by atoms with E-state index in [0.717, 1.165) is 0 Å². The van der Waals surface area contributed by atoms with Crippen LogP contribution in [0.25, 0.3) is 0 Å². The van der Waals surface area contributed by atoms with E-state index in [4.69, 9.17) is 16.2 Å². The summed E-state index contributed by atoms with van der Waals surface area (Å²) in [6, 6.07) is -0.713. The topological polar surface area (TPSA) is 106 Å². The smallest absolute Gasteiger partial charge is 0.318 e. The van der Waals surface area contributed by atoms with Crippen LogP contribution in [0.2, 0.25) is 0 Å². The zero-order valence-corrected chi connectivity index (χ0v) is 7.19. The molecule has 13 heavy (non-hydrogen) atoms. The maximum absolute atomic E-state index is 10.4. The molecule has 1 aliphatic rings. The summed E-state index contributed by atoms with van der Waals surface area (Å²) in [6.07, 6.45) is 0. The van der Waals surface area contributed by atoms with Crippen molar-refractivity contribution in [3.63, 3.8) is 0 Å². The van der Waals surface area contributed by atoms with Crippen molar-refractivity contribution >= 4 is 12.0 Å². The number of urea groups is 1. The zero-order valence-electron chi connectivity index (χ0n) is 7.19. The zero-order chi connectivity index (χ0) is 9.68. The summed E-state index contributed by atoms with van der Waals surface area (Å²) in [4.78, 5) is 10.4. The third-order valence-electron chi connectivity index (χ3n) is 1.49. The second kappa shape index (κ2) is 4.51. The first kappa shape index (κ1) is 9.59. The van der Waals surface area contributed by atoms with Gasteiger partial charge in [0.2, 0.25) is 5.96 Å². The first-order chi connectivity index (χ1) is 6.18. The van der Waals surface area contributed by atoms with Gasteiger partial charge in [-0.25, -0.2) is 4.79 Å². The fourth-order valence-electron chi connectivity index (χ4n) is 0.957. The summed E-state index contributed by atoms with van der Waals surface area (Å²) in [6.45, 7) is 2.57. The highest BCUT2D eigenvalue weighted by molar-refractivity contribution is 5.94. The number of carbonyl (C=O) groups is 1. The van der Waals surface area contributed by atoms with Crippen LogP contribution in [0.4, 0.5) is 4.79 Å². The van der Waals surface area contributed by atoms with Crippen LogP contribution < -0.4 is 16.8 Å². The molecular formula is C6H13N5O2. The number of ether oxygens (including phenoxy) is 1. The molecule has 0 bridgehead atoms. The first-order valence-electron chi connectivity index (χ1n) is 3.91. The number of nitrogens with one attached hydrogen (secondary N) is 1. The van der Waals surface area contributed by atoms with E-state index in [0.29, 0.717) is 26.3 Å². The summed E-state index contributed by atoms with van der Waals surface area (Å²) >= 11 is 0. The lowest BCUT2D eigenvalue weighted by Crippen LogP contribution is -2.43. The number of rotatable bonds is 1. The Kier molecular flexibility index (Phi) is 3.32. The van der Waals surface area contributed by atoms with Crippen molar-refractivity contribution in [3.8, 4) is 0 Å². The van der Waals surface area contributed by atoms with Crippen molar-refractivity contribution in [1.29, 1.82) is 0 Å². The maximum Gasteiger partial charge on any atom is 0.318 e. The molecular weight excluding hydrogens is 174 g/mol. The molecule has 1 rings (SSSR count). The van der Waals surface area contributed by atoms with Gasteiger partial charge in [-0.15, -0.1) is 5.10 Å². The van der Waals surface area contributed by atoms with E-state index in [1.54, 1.807) is 5.01 Å². The Hall–Kier alpha value is -1.50. The van der Waals surface area contributed by atoms with Crippen LogP contribution in [0.1, 0.15) is 0 Å². The average Bonchev–Trinajstić information content (AvgIpc) is 2.04. The van der Waals surface area contributed by atoms with Crippen molar-refractivity contribution in [3.05, 3.63) is 0 Å². The lowest BCUT2D eigenvalue weighted by molar-refractivity contribution is 0.0391. The maximum atomic E-state index is 10.4. The Morgan fingerprint density at radius 1 is 1.38 bits per heavy atom. The minimum absolute atomic E-state index is 0.00870. The molecule has 0 aromatic heterocycles. The summed E-state index contributed by atoms with van der Waals surface area (Å²) < 4.78 is 5.10. The van der Waals surface area contributed by atoms with Gasteiger partial charge in [0.1, 0.15) is 0 Å². The normalized spacial score (nSPS) is 18.5. The van der Waals surface area contributed by atoms with Crippen molar-refractivity contribution in [2.24, 2.45) is 16.6 Å². The molecule has 7 heteroatoms. The molecule has 0 radical (unpaired) electrons. The number of guanidine groups is 1. The molecule has 1 heterocycles. The van der Waals surface area contributed by atoms with E-state index < -0.39 is 6.03 Å². The van der Waals surface area contributed by atoms with Gasteiger partial charge in [0, 0.05) is 0 Å². The average molecular weight is 187 g/mol. The third-order valence-corrected chi connectivity index (χ3v) is 1.49. The second-order valence-electron chi connectivity index (χ2n) is 2.54. The van der Waals surface area contributed by atoms with Crippen LogP contribution in [0.5, 0.6) is 0 Å². The van der Waals surface area contributed by atoms with Crippen molar-refractivity contribution in [1.82, 2.24) is 10.3 Å². The van der Waals surface area contributed by atoms with Gasteiger partial charge in [-0.2, -0.15) is 0 Å². The molecule has 0 atom stereocenters. The molecule has 0 saturated carbocycles. The van der Waals surface area contributed by atoms with Crippen LogP contribution in [0, 0.1) is 0 Å². The molecule has 1 fully saturated rings. The van der Waals surface area contributed by atoms with Gasteiger partial charge >= 0.3 is 6.03 Å². The molecule has 0 aromatic carbocycles. The summed E-state index contributed by atoms with van der Waals surface area (Å²) in [7, 11) is 0. The van der Waals surface area contributed by atoms with Crippen molar-refractivity contribution in [2.75, 3.05) is 26.3 Å². The highest BCUT2D eigenvalue weighted by Gasteiger charge is 2.08. The fraction of sp³-hybridized carbons (Fsp3) is 0.667. The van der Waals surface area contributed by atoms with E-state index in [1.807, 2.05) is 0 Å². The number of hydrazone groups is 1. The molecule has 0 aromatic rings. The van der Waals surface area contributed by atoms with Crippen molar-refractivity contribution in [2.45, 2.75) is 0 Å². The van der Waals surface area contributed by atoms with Gasteiger partial charge < -0.3 is 16.2 Å². The number of morpholine rings is 1. The number of primary amides is 1. The van der Waals surface area contributed by atoms with Crippen LogP contribution >= 0.6 is 0 Å². The van der Waals surface area contributed by atoms with Gasteiger partial charge in [0.25, 0.3) is 0 Å². The first-order valence-corrected chi connectivity index (χ1v) is 3.91. The Morgan fingerprint density at radius 3 is 2.54 bits per heavy atom. The van der Waals surface area contributed by atoms with Crippen LogP contribution in [-0.2, 0) is 4.74 Å². The number of carbonyl (C=O) groups excluding carboxylic acids is 1. The molecule has 74 valence electrons. The quantitative estimate of drug-likeness (QED) is 0.333. The predicted octanol–water partition coefficient (Wildman–Crippen LogP) is -1.78. The fourth-order valence-corrected chi connectivity index (χ4v) is 0.957. The largest absolute Gasteiger partial charge is 0.378 e. The molecule has 1 aliphatic heterocycles. The summed E-state index contributed by atoms with van der Waals surface area (Å²) in [5.74, 6) is 0.00870. The van der Waals surface area contributed by atoms with E-state index >= 15 is 0 Å². The van der Waals surface area contributed by atoms with Gasteiger partial charge in [0.15, 0.2) is 0 Å².